The first-order valence-corrected chi connectivity index (χ1v) is 11.5. The summed E-state index contributed by atoms with van der Waals surface area (Å²) in [6.45, 7) is 3.38. The van der Waals surface area contributed by atoms with E-state index in [1.54, 1.807) is 0 Å². The van der Waals surface area contributed by atoms with Crippen molar-refractivity contribution in [1.29, 1.82) is 0 Å². The number of nitrogens with zero attached hydrogens (tertiary/aromatic N) is 1. The van der Waals surface area contributed by atoms with Crippen LogP contribution in [0.1, 0.15) is 31.7 Å². The van der Waals surface area contributed by atoms with E-state index in [1.165, 1.54) is 19.8 Å². The van der Waals surface area contributed by atoms with Crippen LogP contribution in [0.25, 0.3) is 0 Å². The molecule has 0 spiro atoms. The van der Waals surface area contributed by atoms with Gasteiger partial charge >= 0.3 is 18.1 Å². The SMILES string of the molecule is CCCN(Cc1ccccc1)C[C@@H](CF)CC(=O)OC.COC(=O)C[C@H](CF)CBr.O=C=O. The van der Waals surface area contributed by atoms with Crippen LogP contribution >= 0.6 is 15.9 Å². The molecule has 0 aliphatic carbocycles. The highest BCUT2D eigenvalue weighted by Crippen LogP contribution is 2.12. The molecule has 1 rings (SSSR count). The lowest BCUT2D eigenvalue weighted by Crippen LogP contribution is -2.32. The van der Waals surface area contributed by atoms with Crippen LogP contribution in [0.3, 0.4) is 0 Å². The summed E-state index contributed by atoms with van der Waals surface area (Å²) in [5.41, 5.74) is 1.21. The Labute approximate surface area is 202 Å². The van der Waals surface area contributed by atoms with E-state index in [4.69, 9.17) is 9.59 Å². The number of hydrogen-bond acceptors (Lipinski definition) is 7. The van der Waals surface area contributed by atoms with Crippen LogP contribution in [0.5, 0.6) is 0 Å². The molecule has 0 aromatic heterocycles. The number of esters is 2. The predicted octanol–water partition coefficient (Wildman–Crippen LogP) is 3.99. The third-order valence-electron chi connectivity index (χ3n) is 4.33. The second-order valence-electron chi connectivity index (χ2n) is 7.06. The molecule has 0 aliphatic rings. The Morgan fingerprint density at radius 1 is 1.00 bits per heavy atom. The topological polar surface area (TPSA) is 90.0 Å². The lowest BCUT2D eigenvalue weighted by atomic mass is 10.1. The Hall–Kier alpha value is -2.16. The number of ether oxygens (including phenoxy) is 2. The van der Waals surface area contributed by atoms with Gasteiger partial charge in [0.2, 0.25) is 0 Å². The van der Waals surface area contributed by atoms with Crippen LogP contribution in [0.15, 0.2) is 30.3 Å². The van der Waals surface area contributed by atoms with Crippen molar-refractivity contribution in [3.63, 3.8) is 0 Å². The van der Waals surface area contributed by atoms with Crippen molar-refractivity contribution in [2.75, 3.05) is 46.0 Å². The van der Waals surface area contributed by atoms with Crippen molar-refractivity contribution < 1.29 is 37.4 Å². The molecule has 33 heavy (non-hydrogen) atoms. The van der Waals surface area contributed by atoms with Crippen LogP contribution in [0, 0.1) is 11.8 Å². The van der Waals surface area contributed by atoms with Gasteiger partial charge in [0, 0.05) is 30.3 Å². The summed E-state index contributed by atoms with van der Waals surface area (Å²) in [6, 6.07) is 10.1. The third kappa shape index (κ3) is 19.1. The number of halogens is 3. The molecule has 10 heteroatoms. The first-order valence-electron chi connectivity index (χ1n) is 10.4. The summed E-state index contributed by atoms with van der Waals surface area (Å²) >= 11 is 3.09. The van der Waals surface area contributed by atoms with E-state index in [0.29, 0.717) is 11.9 Å². The van der Waals surface area contributed by atoms with E-state index in [0.717, 1.165) is 19.5 Å². The molecule has 0 bridgehead atoms. The molecule has 0 saturated heterocycles. The largest absolute Gasteiger partial charge is 0.469 e. The zero-order valence-corrected chi connectivity index (χ0v) is 21.0. The Morgan fingerprint density at radius 3 is 1.88 bits per heavy atom. The fraction of sp³-hybridized carbons (Fsp3) is 0.609. The van der Waals surface area contributed by atoms with Crippen LogP contribution in [-0.2, 0) is 35.2 Å². The van der Waals surface area contributed by atoms with Crippen LogP contribution < -0.4 is 0 Å². The normalized spacial score (nSPS) is 11.6. The van der Waals surface area contributed by atoms with Gasteiger partial charge in [-0.2, -0.15) is 9.59 Å². The van der Waals surface area contributed by atoms with Crippen molar-refractivity contribution in [3.05, 3.63) is 35.9 Å². The van der Waals surface area contributed by atoms with Gasteiger partial charge in [0.05, 0.1) is 40.4 Å². The Bertz CT molecular complexity index is 656. The number of rotatable bonds is 13. The van der Waals surface area contributed by atoms with Gasteiger partial charge in [-0.1, -0.05) is 53.2 Å². The number of hydrogen-bond donors (Lipinski definition) is 0. The molecule has 0 N–H and O–H groups in total. The maximum atomic E-state index is 13.1. The summed E-state index contributed by atoms with van der Waals surface area (Å²) in [7, 11) is 2.64. The highest BCUT2D eigenvalue weighted by atomic mass is 79.9. The monoisotopic (exact) mass is 537 g/mol. The number of carbonyl (C=O) groups excluding carboxylic acids is 4. The molecule has 0 fully saturated rings. The molecule has 0 amide bonds. The summed E-state index contributed by atoms with van der Waals surface area (Å²) in [6.07, 6.45) is 1.55. The molecule has 0 heterocycles. The predicted molar refractivity (Wildman–Crippen MR) is 123 cm³/mol. The molecule has 0 unspecified atom stereocenters. The maximum Gasteiger partial charge on any atom is 0.373 e. The Morgan fingerprint density at radius 2 is 1.48 bits per heavy atom. The fourth-order valence-electron chi connectivity index (χ4n) is 2.71. The molecule has 1 aromatic rings. The number of benzene rings is 1. The first-order chi connectivity index (χ1) is 15.8. The summed E-state index contributed by atoms with van der Waals surface area (Å²) in [5, 5.41) is 0.499. The Balaban J connectivity index is 0. The fourth-order valence-corrected chi connectivity index (χ4v) is 3.12. The van der Waals surface area contributed by atoms with Gasteiger partial charge in [-0.25, -0.2) is 0 Å². The molecule has 0 saturated carbocycles. The second kappa shape index (κ2) is 23.0. The van der Waals surface area contributed by atoms with Crippen molar-refractivity contribution >= 4 is 34.0 Å². The van der Waals surface area contributed by atoms with E-state index in [-0.39, 0.29) is 42.8 Å². The van der Waals surface area contributed by atoms with Gasteiger partial charge in [0.25, 0.3) is 0 Å². The molecular formula is C23H34BrF2NO6. The van der Waals surface area contributed by atoms with Crippen LogP contribution in [0.4, 0.5) is 8.78 Å². The smallest absolute Gasteiger partial charge is 0.373 e. The van der Waals surface area contributed by atoms with E-state index in [2.05, 4.69) is 49.4 Å². The summed E-state index contributed by atoms with van der Waals surface area (Å²) in [5.74, 6) is -1.24. The zero-order chi connectivity index (χ0) is 25.5. The van der Waals surface area contributed by atoms with Gasteiger partial charge in [-0.15, -0.1) is 0 Å². The van der Waals surface area contributed by atoms with Crippen LogP contribution in [-0.4, -0.2) is 69.0 Å². The van der Waals surface area contributed by atoms with Gasteiger partial charge in [0.1, 0.15) is 0 Å². The lowest BCUT2D eigenvalue weighted by Gasteiger charge is -2.25. The lowest BCUT2D eigenvalue weighted by molar-refractivity contribution is -0.191. The van der Waals surface area contributed by atoms with Crippen molar-refractivity contribution in [3.8, 4) is 0 Å². The van der Waals surface area contributed by atoms with E-state index >= 15 is 0 Å². The highest BCUT2D eigenvalue weighted by molar-refractivity contribution is 9.09. The van der Waals surface area contributed by atoms with Crippen LogP contribution in [0.2, 0.25) is 0 Å². The third-order valence-corrected chi connectivity index (χ3v) is 5.24. The number of alkyl halides is 3. The van der Waals surface area contributed by atoms with Gasteiger partial charge in [-0.05, 0) is 18.5 Å². The van der Waals surface area contributed by atoms with Crippen molar-refractivity contribution in [1.82, 2.24) is 4.90 Å². The molecule has 0 radical (unpaired) electrons. The molecule has 7 nitrogen and oxygen atoms in total. The average molecular weight is 538 g/mol. The van der Waals surface area contributed by atoms with E-state index in [1.807, 2.05) is 18.2 Å². The minimum Gasteiger partial charge on any atom is -0.469 e. The van der Waals surface area contributed by atoms with Gasteiger partial charge in [0.15, 0.2) is 0 Å². The average Bonchev–Trinajstić information content (AvgIpc) is 2.83. The highest BCUT2D eigenvalue weighted by Gasteiger charge is 2.18. The Kier molecular flexibility index (Phi) is 23.0. The second-order valence-corrected chi connectivity index (χ2v) is 7.71. The van der Waals surface area contributed by atoms with Gasteiger partial charge < -0.3 is 9.47 Å². The molecule has 188 valence electrons. The van der Waals surface area contributed by atoms with Crippen molar-refractivity contribution in [2.24, 2.45) is 11.8 Å². The first kappa shape index (κ1) is 33.0. The molecular weight excluding hydrogens is 504 g/mol. The molecule has 0 aliphatic heterocycles. The molecule has 1 aromatic carbocycles. The van der Waals surface area contributed by atoms with Gasteiger partial charge in [-0.3, -0.25) is 23.3 Å². The van der Waals surface area contributed by atoms with Crippen molar-refractivity contribution in [2.45, 2.75) is 32.7 Å². The standard InChI is InChI=1S/C16H24FNO2.C6H10BrFO2.CO2/c1-3-9-18(12-14-7-5-4-6-8-14)13-15(11-17)10-16(19)20-2;1-10-6(9)2-5(3-7)4-8;2-1-3/h4-8,15H,3,9-13H2,1-2H3;5H,2-4H2,1H3;/t15-;5-;/m10./s1. The van der Waals surface area contributed by atoms with E-state index < -0.39 is 13.3 Å². The zero-order valence-electron chi connectivity index (χ0n) is 19.4. The quantitative estimate of drug-likeness (QED) is 0.277. The maximum absolute atomic E-state index is 13.1. The summed E-state index contributed by atoms with van der Waals surface area (Å²) < 4.78 is 34.0. The minimum atomic E-state index is -0.496. The number of carbonyl (C=O) groups is 2. The minimum absolute atomic E-state index is 0.141. The molecule has 2 atom stereocenters. The number of methoxy groups -OCH3 is 2. The van der Waals surface area contributed by atoms with E-state index in [9.17, 15) is 18.4 Å². The summed E-state index contributed by atoms with van der Waals surface area (Å²) in [4.78, 5) is 40.2.